The largest absolute Gasteiger partial charge is 0.496 e. The standard InChI is InChI=1S/C16H24BClO2/c1-11(2)10-12-8-7-9-13(18)14(12)17-19-15(3,4)16(5,6)20-17/h7-9,11H,10H2,1-6H3. The van der Waals surface area contributed by atoms with Gasteiger partial charge in [-0.15, -0.1) is 0 Å². The van der Waals surface area contributed by atoms with Crippen molar-refractivity contribution >= 4 is 24.2 Å². The summed E-state index contributed by atoms with van der Waals surface area (Å²) >= 11 is 6.42. The Morgan fingerprint density at radius 2 is 1.65 bits per heavy atom. The Morgan fingerprint density at radius 3 is 2.15 bits per heavy atom. The molecule has 0 aliphatic carbocycles. The van der Waals surface area contributed by atoms with Crippen LogP contribution in [0.5, 0.6) is 0 Å². The molecule has 2 rings (SSSR count). The average molecular weight is 295 g/mol. The van der Waals surface area contributed by atoms with Crippen LogP contribution in [-0.2, 0) is 15.7 Å². The molecule has 1 fully saturated rings. The molecule has 110 valence electrons. The fourth-order valence-electron chi connectivity index (χ4n) is 2.42. The molecule has 1 aromatic rings. The molecule has 2 nitrogen and oxygen atoms in total. The summed E-state index contributed by atoms with van der Waals surface area (Å²) in [6, 6.07) is 6.02. The van der Waals surface area contributed by atoms with Gasteiger partial charge < -0.3 is 9.31 Å². The van der Waals surface area contributed by atoms with Crippen molar-refractivity contribution in [1.29, 1.82) is 0 Å². The van der Waals surface area contributed by atoms with Gasteiger partial charge in [-0.05, 0) is 51.7 Å². The predicted molar refractivity (Wildman–Crippen MR) is 85.7 cm³/mol. The van der Waals surface area contributed by atoms with Crippen molar-refractivity contribution in [1.82, 2.24) is 0 Å². The SMILES string of the molecule is CC(C)Cc1cccc(Cl)c1B1OC(C)(C)C(C)(C)O1. The summed E-state index contributed by atoms with van der Waals surface area (Å²) in [6.07, 6.45) is 0.972. The van der Waals surface area contributed by atoms with E-state index in [9.17, 15) is 0 Å². The first-order valence-electron chi connectivity index (χ1n) is 7.27. The van der Waals surface area contributed by atoms with E-state index in [-0.39, 0.29) is 18.3 Å². The van der Waals surface area contributed by atoms with Crippen molar-refractivity contribution < 1.29 is 9.31 Å². The zero-order chi connectivity index (χ0) is 15.1. The van der Waals surface area contributed by atoms with E-state index in [0.717, 1.165) is 16.9 Å². The Kier molecular flexibility index (Phi) is 4.26. The summed E-state index contributed by atoms with van der Waals surface area (Å²) < 4.78 is 12.3. The van der Waals surface area contributed by atoms with E-state index in [1.807, 2.05) is 12.1 Å². The molecule has 1 heterocycles. The third kappa shape index (κ3) is 2.90. The van der Waals surface area contributed by atoms with Crippen LogP contribution in [0.4, 0.5) is 0 Å². The molecule has 0 unspecified atom stereocenters. The Morgan fingerprint density at radius 1 is 1.10 bits per heavy atom. The third-order valence-corrected chi connectivity index (χ3v) is 4.59. The van der Waals surface area contributed by atoms with E-state index >= 15 is 0 Å². The summed E-state index contributed by atoms with van der Waals surface area (Å²) in [4.78, 5) is 0. The van der Waals surface area contributed by atoms with Gasteiger partial charge in [0.15, 0.2) is 0 Å². The van der Waals surface area contributed by atoms with Gasteiger partial charge in [-0.1, -0.05) is 37.6 Å². The van der Waals surface area contributed by atoms with E-state index in [2.05, 4.69) is 47.6 Å². The zero-order valence-corrected chi connectivity index (χ0v) is 14.0. The molecule has 1 aliphatic heterocycles. The van der Waals surface area contributed by atoms with Gasteiger partial charge in [0.1, 0.15) is 0 Å². The van der Waals surface area contributed by atoms with E-state index in [1.165, 1.54) is 5.56 Å². The van der Waals surface area contributed by atoms with Crippen LogP contribution in [0.15, 0.2) is 18.2 Å². The van der Waals surface area contributed by atoms with Crippen molar-refractivity contribution in [3.8, 4) is 0 Å². The van der Waals surface area contributed by atoms with Crippen LogP contribution in [0.3, 0.4) is 0 Å². The average Bonchev–Trinajstić information content (AvgIpc) is 2.46. The van der Waals surface area contributed by atoms with Crippen molar-refractivity contribution in [2.24, 2.45) is 5.92 Å². The van der Waals surface area contributed by atoms with Crippen molar-refractivity contribution in [3.05, 3.63) is 28.8 Å². The van der Waals surface area contributed by atoms with Gasteiger partial charge in [-0.3, -0.25) is 0 Å². The molecule has 0 atom stereocenters. The fraction of sp³-hybridized carbons (Fsp3) is 0.625. The van der Waals surface area contributed by atoms with E-state index < -0.39 is 0 Å². The molecule has 0 N–H and O–H groups in total. The molecule has 0 spiro atoms. The Bertz CT molecular complexity index is 481. The molecule has 0 radical (unpaired) electrons. The highest BCUT2D eigenvalue weighted by molar-refractivity contribution is 6.66. The monoisotopic (exact) mass is 294 g/mol. The molecule has 0 amide bonds. The van der Waals surface area contributed by atoms with Crippen molar-refractivity contribution in [2.45, 2.75) is 59.2 Å². The molecular weight excluding hydrogens is 270 g/mol. The van der Waals surface area contributed by atoms with Crippen LogP contribution in [-0.4, -0.2) is 18.3 Å². The smallest absolute Gasteiger partial charge is 0.399 e. The molecule has 0 aromatic heterocycles. The first-order valence-corrected chi connectivity index (χ1v) is 7.65. The van der Waals surface area contributed by atoms with Crippen molar-refractivity contribution in [2.75, 3.05) is 0 Å². The lowest BCUT2D eigenvalue weighted by Crippen LogP contribution is -2.41. The second kappa shape index (κ2) is 5.36. The number of benzene rings is 1. The topological polar surface area (TPSA) is 18.5 Å². The van der Waals surface area contributed by atoms with Gasteiger partial charge in [-0.25, -0.2) is 0 Å². The van der Waals surface area contributed by atoms with Gasteiger partial charge in [0, 0.05) is 10.5 Å². The van der Waals surface area contributed by atoms with Crippen LogP contribution in [0.2, 0.25) is 5.02 Å². The summed E-state index contributed by atoms with van der Waals surface area (Å²) in [6.45, 7) is 12.7. The summed E-state index contributed by atoms with van der Waals surface area (Å²) in [5.41, 5.74) is 1.52. The van der Waals surface area contributed by atoms with Crippen LogP contribution in [0.25, 0.3) is 0 Å². The van der Waals surface area contributed by atoms with Gasteiger partial charge in [-0.2, -0.15) is 0 Å². The summed E-state index contributed by atoms with van der Waals surface area (Å²) in [5, 5.41) is 0.724. The highest BCUT2D eigenvalue weighted by Crippen LogP contribution is 2.37. The first-order chi connectivity index (χ1) is 9.14. The third-order valence-electron chi connectivity index (χ3n) is 4.26. The maximum atomic E-state index is 6.42. The van der Waals surface area contributed by atoms with E-state index in [0.29, 0.717) is 5.92 Å². The summed E-state index contributed by atoms with van der Waals surface area (Å²) in [5.74, 6) is 0.564. The number of rotatable bonds is 3. The highest BCUT2D eigenvalue weighted by atomic mass is 35.5. The van der Waals surface area contributed by atoms with Crippen molar-refractivity contribution in [3.63, 3.8) is 0 Å². The van der Waals surface area contributed by atoms with Crippen LogP contribution in [0, 0.1) is 5.92 Å². The predicted octanol–water partition coefficient (Wildman–Crippen LogP) is 3.84. The Balaban J connectivity index is 2.39. The van der Waals surface area contributed by atoms with Crippen LogP contribution in [0.1, 0.15) is 47.1 Å². The molecule has 1 saturated heterocycles. The quantitative estimate of drug-likeness (QED) is 0.789. The number of halogens is 1. The Labute approximate surface area is 127 Å². The minimum Gasteiger partial charge on any atom is -0.399 e. The fourth-order valence-corrected chi connectivity index (χ4v) is 2.71. The maximum absolute atomic E-state index is 6.42. The molecule has 0 saturated carbocycles. The molecule has 0 bridgehead atoms. The minimum atomic E-state index is -0.387. The minimum absolute atomic E-state index is 0.341. The lowest BCUT2D eigenvalue weighted by Gasteiger charge is -2.32. The van der Waals surface area contributed by atoms with Crippen LogP contribution < -0.4 is 5.46 Å². The van der Waals surface area contributed by atoms with E-state index in [1.54, 1.807) is 0 Å². The highest BCUT2D eigenvalue weighted by Gasteiger charge is 2.52. The summed E-state index contributed by atoms with van der Waals surface area (Å²) in [7, 11) is -0.387. The van der Waals surface area contributed by atoms with E-state index in [4.69, 9.17) is 20.9 Å². The number of hydrogen-bond acceptors (Lipinski definition) is 2. The Hall–Kier alpha value is -0.505. The lowest BCUT2D eigenvalue weighted by atomic mass is 9.74. The molecular formula is C16H24BClO2. The normalized spacial score (nSPS) is 20.7. The molecule has 1 aromatic carbocycles. The van der Waals surface area contributed by atoms with Gasteiger partial charge in [0.05, 0.1) is 11.2 Å². The molecule has 20 heavy (non-hydrogen) atoms. The van der Waals surface area contributed by atoms with Gasteiger partial charge in [0.2, 0.25) is 0 Å². The number of hydrogen-bond donors (Lipinski definition) is 0. The second-order valence-electron chi connectivity index (χ2n) is 7.00. The maximum Gasteiger partial charge on any atom is 0.496 e. The second-order valence-corrected chi connectivity index (χ2v) is 7.41. The zero-order valence-electron chi connectivity index (χ0n) is 13.3. The molecule has 1 aliphatic rings. The molecule has 4 heteroatoms. The van der Waals surface area contributed by atoms with Gasteiger partial charge >= 0.3 is 7.12 Å². The van der Waals surface area contributed by atoms with Crippen LogP contribution >= 0.6 is 11.6 Å². The first kappa shape index (κ1) is 15.9. The lowest BCUT2D eigenvalue weighted by molar-refractivity contribution is 0.00578. The van der Waals surface area contributed by atoms with Gasteiger partial charge in [0.25, 0.3) is 0 Å².